The number of aromatic nitrogens is 3. The van der Waals surface area contributed by atoms with Crippen LogP contribution >= 0.6 is 0 Å². The molecule has 0 aliphatic carbocycles. The van der Waals surface area contributed by atoms with Gasteiger partial charge in [-0.1, -0.05) is 6.07 Å². The molecule has 0 bridgehead atoms. The fourth-order valence-corrected chi connectivity index (χ4v) is 4.31. The number of nitrogens with one attached hydrogen (secondary N) is 1. The van der Waals surface area contributed by atoms with Crippen LogP contribution in [0.25, 0.3) is 0 Å². The van der Waals surface area contributed by atoms with Gasteiger partial charge in [0.05, 0.1) is 6.33 Å². The first kappa shape index (κ1) is 16.5. The zero-order valence-electron chi connectivity index (χ0n) is 15.2. The van der Waals surface area contributed by atoms with Crippen molar-refractivity contribution < 1.29 is 0 Å². The first-order valence-corrected chi connectivity index (χ1v) is 9.27. The number of piperidine rings is 1. The predicted molar refractivity (Wildman–Crippen MR) is 99.8 cm³/mol. The molecule has 6 nitrogen and oxygen atoms in total. The Morgan fingerprint density at radius 3 is 2.64 bits per heavy atom. The van der Waals surface area contributed by atoms with E-state index in [4.69, 9.17) is 0 Å². The number of likely N-dealkylation sites (tertiary alicyclic amines) is 1. The minimum atomic E-state index is 0.506. The number of nitrogens with zero attached hydrogens (tertiary/aromatic N) is 5. The van der Waals surface area contributed by atoms with E-state index < -0.39 is 0 Å². The van der Waals surface area contributed by atoms with Gasteiger partial charge in [0.25, 0.3) is 0 Å². The first-order chi connectivity index (χ1) is 12.2. The Bertz CT molecular complexity index is 676. The third-order valence-corrected chi connectivity index (χ3v) is 5.65. The third kappa shape index (κ3) is 3.55. The minimum absolute atomic E-state index is 0.506. The highest BCUT2D eigenvalue weighted by Gasteiger charge is 2.35. The van der Waals surface area contributed by atoms with Gasteiger partial charge in [0.15, 0.2) is 0 Å². The van der Waals surface area contributed by atoms with Crippen LogP contribution < -0.4 is 10.2 Å². The largest absolute Gasteiger partial charge is 0.357 e. The van der Waals surface area contributed by atoms with Crippen molar-refractivity contribution in [1.29, 1.82) is 0 Å². The fourth-order valence-electron chi connectivity index (χ4n) is 4.31. The molecule has 25 heavy (non-hydrogen) atoms. The van der Waals surface area contributed by atoms with Crippen molar-refractivity contribution in [3.8, 4) is 0 Å². The van der Waals surface area contributed by atoms with Crippen LogP contribution in [0.4, 0.5) is 5.82 Å². The lowest BCUT2D eigenvalue weighted by Gasteiger charge is -2.35. The average molecular weight is 340 g/mol. The van der Waals surface area contributed by atoms with Gasteiger partial charge in [-0.05, 0) is 32.0 Å². The highest BCUT2D eigenvalue weighted by molar-refractivity contribution is 5.38. The number of hydrogen-bond donors (Lipinski definition) is 1. The van der Waals surface area contributed by atoms with Gasteiger partial charge in [-0.25, -0.2) is 9.97 Å². The van der Waals surface area contributed by atoms with Gasteiger partial charge in [0.1, 0.15) is 5.82 Å². The van der Waals surface area contributed by atoms with Crippen LogP contribution in [0.3, 0.4) is 0 Å². The molecule has 6 heteroatoms. The second kappa shape index (κ2) is 7.14. The van der Waals surface area contributed by atoms with E-state index in [0.717, 1.165) is 32.0 Å². The van der Waals surface area contributed by atoms with Crippen molar-refractivity contribution >= 4 is 5.82 Å². The number of likely N-dealkylation sites (N-methyl/N-ethyl adjacent to an activating group) is 1. The third-order valence-electron chi connectivity index (χ3n) is 5.65. The molecule has 0 aromatic carbocycles. The van der Waals surface area contributed by atoms with Gasteiger partial charge in [-0.15, -0.1) is 0 Å². The van der Waals surface area contributed by atoms with E-state index in [1.165, 1.54) is 18.5 Å². The molecule has 2 saturated heterocycles. The summed E-state index contributed by atoms with van der Waals surface area (Å²) < 4.78 is 2.17. The Morgan fingerprint density at radius 2 is 1.96 bits per heavy atom. The van der Waals surface area contributed by atoms with Crippen LogP contribution in [0.15, 0.2) is 36.9 Å². The van der Waals surface area contributed by atoms with Gasteiger partial charge in [-0.2, -0.15) is 0 Å². The smallest absolute Gasteiger partial charge is 0.128 e. The van der Waals surface area contributed by atoms with Gasteiger partial charge in [0, 0.05) is 69.3 Å². The monoisotopic (exact) mass is 340 g/mol. The summed E-state index contributed by atoms with van der Waals surface area (Å²) in [6.07, 6.45) is 8.18. The molecular weight excluding hydrogens is 312 g/mol. The zero-order valence-corrected chi connectivity index (χ0v) is 15.2. The van der Waals surface area contributed by atoms with Crippen molar-refractivity contribution in [2.45, 2.75) is 30.8 Å². The Hall–Kier alpha value is -1.92. The van der Waals surface area contributed by atoms with Crippen LogP contribution in [-0.4, -0.2) is 64.7 Å². The Morgan fingerprint density at radius 1 is 1.12 bits per heavy atom. The number of aryl methyl sites for hydroxylation is 1. The minimum Gasteiger partial charge on any atom is -0.357 e. The van der Waals surface area contributed by atoms with Gasteiger partial charge in [0.2, 0.25) is 0 Å². The lowest BCUT2D eigenvalue weighted by Crippen LogP contribution is -2.48. The maximum absolute atomic E-state index is 4.49. The summed E-state index contributed by atoms with van der Waals surface area (Å²) in [5.74, 6) is 1.63. The van der Waals surface area contributed by atoms with E-state index in [2.05, 4.69) is 55.9 Å². The first-order valence-electron chi connectivity index (χ1n) is 9.27. The molecule has 134 valence electrons. The Kier molecular flexibility index (Phi) is 4.72. The molecule has 2 aliphatic rings. The van der Waals surface area contributed by atoms with Crippen molar-refractivity contribution in [3.05, 3.63) is 42.6 Å². The summed E-state index contributed by atoms with van der Waals surface area (Å²) in [7, 11) is 4.32. The molecule has 4 rings (SSSR count). The summed E-state index contributed by atoms with van der Waals surface area (Å²) in [5.41, 5.74) is 1.34. The second-order valence-electron chi connectivity index (χ2n) is 7.48. The highest BCUT2D eigenvalue weighted by atomic mass is 15.2. The van der Waals surface area contributed by atoms with Crippen molar-refractivity contribution in [1.82, 2.24) is 24.8 Å². The number of hydrogen-bond acceptors (Lipinski definition) is 5. The van der Waals surface area contributed by atoms with Crippen molar-refractivity contribution in [2.24, 2.45) is 7.05 Å². The molecule has 2 fully saturated rings. The molecule has 0 amide bonds. The number of anilines is 1. The standard InChI is InChI=1S/C19H28N6/c1-23-12-16(18-11-20-14-24(18)2)17(13-23)22-15-6-9-25(10-7-15)19-5-3-4-8-21-19/h3-5,8,11,14-17,22H,6-7,9-10,12-13H2,1-2H3/t16-,17-/m1/s1. The van der Waals surface area contributed by atoms with Gasteiger partial charge < -0.3 is 19.7 Å². The van der Waals surface area contributed by atoms with E-state index in [-0.39, 0.29) is 0 Å². The lowest BCUT2D eigenvalue weighted by molar-refractivity contribution is 0.344. The molecule has 0 saturated carbocycles. The second-order valence-corrected chi connectivity index (χ2v) is 7.48. The van der Waals surface area contributed by atoms with Gasteiger partial charge in [-0.3, -0.25) is 0 Å². The van der Waals surface area contributed by atoms with E-state index in [0.29, 0.717) is 18.0 Å². The molecule has 2 aromatic rings. The van der Waals surface area contributed by atoms with Crippen molar-refractivity contribution in [3.63, 3.8) is 0 Å². The van der Waals surface area contributed by atoms with Crippen molar-refractivity contribution in [2.75, 3.05) is 38.1 Å². The molecule has 0 spiro atoms. The van der Waals surface area contributed by atoms with Crippen LogP contribution in [-0.2, 0) is 7.05 Å². The van der Waals surface area contributed by atoms with E-state index in [1.54, 1.807) is 0 Å². The zero-order chi connectivity index (χ0) is 17.2. The Balaban J connectivity index is 1.37. The van der Waals surface area contributed by atoms with E-state index >= 15 is 0 Å². The summed E-state index contributed by atoms with van der Waals surface area (Å²) in [5, 5.41) is 3.96. The number of rotatable bonds is 4. The highest BCUT2D eigenvalue weighted by Crippen LogP contribution is 2.28. The van der Waals surface area contributed by atoms with Crippen LogP contribution in [0.5, 0.6) is 0 Å². The van der Waals surface area contributed by atoms with Crippen LogP contribution in [0.2, 0.25) is 0 Å². The average Bonchev–Trinajstić information content (AvgIpc) is 3.21. The quantitative estimate of drug-likeness (QED) is 0.913. The normalized spacial score (nSPS) is 25.6. The van der Waals surface area contributed by atoms with Crippen LogP contribution in [0, 0.1) is 0 Å². The fraction of sp³-hybridized carbons (Fsp3) is 0.579. The SMILES string of the molecule is CN1C[C@@H](NC2CCN(c3ccccn3)CC2)[C@H](c2cncn2C)C1. The maximum Gasteiger partial charge on any atom is 0.128 e. The lowest BCUT2D eigenvalue weighted by atomic mass is 9.97. The summed E-state index contributed by atoms with van der Waals surface area (Å²) in [4.78, 5) is 13.6. The van der Waals surface area contributed by atoms with E-state index in [9.17, 15) is 0 Å². The molecule has 4 heterocycles. The molecular formula is C19H28N6. The molecule has 2 aliphatic heterocycles. The van der Waals surface area contributed by atoms with E-state index in [1.807, 2.05) is 24.8 Å². The summed E-state index contributed by atoms with van der Waals surface area (Å²) in [6, 6.07) is 7.25. The predicted octanol–water partition coefficient (Wildman–Crippen LogP) is 1.47. The molecule has 2 atom stereocenters. The number of pyridine rings is 1. The molecule has 0 radical (unpaired) electrons. The van der Waals surface area contributed by atoms with Gasteiger partial charge >= 0.3 is 0 Å². The molecule has 1 N–H and O–H groups in total. The van der Waals surface area contributed by atoms with Crippen LogP contribution in [0.1, 0.15) is 24.5 Å². The maximum atomic E-state index is 4.49. The molecule has 2 aromatic heterocycles. The number of imidazole rings is 1. The molecule has 0 unspecified atom stereocenters. The summed E-state index contributed by atoms with van der Waals surface area (Å²) >= 11 is 0. The topological polar surface area (TPSA) is 49.2 Å². The Labute approximate surface area is 149 Å². The summed E-state index contributed by atoms with van der Waals surface area (Å²) in [6.45, 7) is 4.36.